The number of nitrogens with one attached hydrogen (secondary N) is 2. The molecule has 1 aromatic carbocycles. The molecule has 0 spiro atoms. The van der Waals surface area contributed by atoms with Crippen molar-refractivity contribution in [3.05, 3.63) is 65.7 Å². The third kappa shape index (κ3) is 4.73. The average Bonchev–Trinajstić information content (AvgIpc) is 3.07. The van der Waals surface area contributed by atoms with E-state index >= 15 is 0 Å². The molecule has 0 aliphatic carbocycles. The van der Waals surface area contributed by atoms with Crippen molar-refractivity contribution in [3.63, 3.8) is 0 Å². The third-order valence-corrected chi connectivity index (χ3v) is 3.62. The zero-order valence-corrected chi connectivity index (χ0v) is 15.7. The zero-order valence-electron chi connectivity index (χ0n) is 15.7. The second-order valence-corrected chi connectivity index (χ2v) is 6.32. The second kappa shape index (κ2) is 8.34. The fourth-order valence-corrected chi connectivity index (χ4v) is 2.42. The van der Waals surface area contributed by atoms with Crippen LogP contribution in [-0.2, 0) is 0 Å². The maximum Gasteiger partial charge on any atom is 0.274 e. The quantitative estimate of drug-likeness (QED) is 0.676. The van der Waals surface area contributed by atoms with Gasteiger partial charge in [-0.05, 0) is 45.0 Å². The summed E-state index contributed by atoms with van der Waals surface area (Å²) in [4.78, 5) is 29.0. The lowest BCUT2D eigenvalue weighted by Gasteiger charge is -2.14. The van der Waals surface area contributed by atoms with Crippen LogP contribution in [0.1, 0.15) is 40.5 Å². The van der Waals surface area contributed by atoms with E-state index in [0.29, 0.717) is 23.0 Å². The van der Waals surface area contributed by atoms with Crippen molar-refractivity contribution in [3.8, 4) is 5.75 Å². The van der Waals surface area contributed by atoms with Gasteiger partial charge < -0.3 is 19.9 Å². The van der Waals surface area contributed by atoms with Gasteiger partial charge in [0.2, 0.25) is 0 Å². The predicted octanol–water partition coefficient (Wildman–Crippen LogP) is 3.67. The van der Waals surface area contributed by atoms with Crippen molar-refractivity contribution in [1.82, 2.24) is 10.1 Å². The number of aryl methyl sites for hydroxylation is 1. The van der Waals surface area contributed by atoms with Gasteiger partial charge in [0.25, 0.3) is 11.8 Å². The number of ether oxygens (including phenoxy) is 1. The number of carbonyl (C=O) groups is 2. The lowest BCUT2D eigenvalue weighted by Crippen LogP contribution is -2.18. The van der Waals surface area contributed by atoms with E-state index in [2.05, 4.69) is 20.8 Å². The van der Waals surface area contributed by atoms with E-state index in [9.17, 15) is 9.59 Å². The molecule has 3 aromatic rings. The van der Waals surface area contributed by atoms with E-state index in [0.717, 1.165) is 0 Å². The normalized spacial score (nSPS) is 10.6. The highest BCUT2D eigenvalue weighted by Gasteiger charge is 2.15. The summed E-state index contributed by atoms with van der Waals surface area (Å²) in [5.74, 6) is 0.554. The second-order valence-electron chi connectivity index (χ2n) is 6.32. The first-order chi connectivity index (χ1) is 13.4. The van der Waals surface area contributed by atoms with Crippen molar-refractivity contribution >= 4 is 23.3 Å². The number of carbonyl (C=O) groups excluding carboxylic acids is 2. The smallest absolute Gasteiger partial charge is 0.274 e. The number of rotatable bonds is 6. The summed E-state index contributed by atoms with van der Waals surface area (Å²) in [6.45, 7) is 5.52. The molecular weight excluding hydrogens is 360 g/mol. The summed E-state index contributed by atoms with van der Waals surface area (Å²) in [6, 6.07) is 11.6. The molecule has 0 saturated carbocycles. The van der Waals surface area contributed by atoms with Crippen LogP contribution in [0.4, 0.5) is 11.5 Å². The lowest BCUT2D eigenvalue weighted by atomic mass is 10.2. The number of benzene rings is 1. The first-order valence-electron chi connectivity index (χ1n) is 8.70. The number of hydrogen-bond acceptors (Lipinski definition) is 6. The molecule has 28 heavy (non-hydrogen) atoms. The van der Waals surface area contributed by atoms with E-state index in [1.165, 1.54) is 18.3 Å². The molecule has 0 aliphatic rings. The first kappa shape index (κ1) is 19.1. The van der Waals surface area contributed by atoms with Gasteiger partial charge in [0.1, 0.15) is 17.2 Å². The lowest BCUT2D eigenvalue weighted by molar-refractivity contribution is 0.102. The van der Waals surface area contributed by atoms with Gasteiger partial charge in [-0.25, -0.2) is 0 Å². The average molecular weight is 380 g/mol. The molecule has 0 atom stereocenters. The van der Waals surface area contributed by atoms with Crippen LogP contribution >= 0.6 is 0 Å². The zero-order chi connectivity index (χ0) is 20.1. The molecule has 2 amide bonds. The fraction of sp³-hybridized carbons (Fsp3) is 0.200. The Morgan fingerprint density at radius 2 is 1.86 bits per heavy atom. The Balaban J connectivity index is 1.75. The Labute approximate surface area is 161 Å². The Kier molecular flexibility index (Phi) is 5.69. The minimum Gasteiger partial charge on any atom is -0.489 e. The Morgan fingerprint density at radius 1 is 1.07 bits per heavy atom. The van der Waals surface area contributed by atoms with E-state index in [1.54, 1.807) is 31.2 Å². The Hall–Kier alpha value is -3.68. The van der Waals surface area contributed by atoms with Gasteiger partial charge in [-0.2, -0.15) is 0 Å². The molecule has 0 bridgehead atoms. The van der Waals surface area contributed by atoms with Crippen molar-refractivity contribution in [2.45, 2.75) is 26.9 Å². The molecule has 0 fully saturated rings. The third-order valence-electron chi connectivity index (χ3n) is 3.62. The van der Waals surface area contributed by atoms with Gasteiger partial charge in [-0.1, -0.05) is 17.3 Å². The van der Waals surface area contributed by atoms with Gasteiger partial charge in [0.15, 0.2) is 5.82 Å². The summed E-state index contributed by atoms with van der Waals surface area (Å²) in [5, 5.41) is 9.08. The molecule has 0 radical (unpaired) electrons. The van der Waals surface area contributed by atoms with E-state index < -0.39 is 11.8 Å². The van der Waals surface area contributed by atoms with Crippen LogP contribution in [0.25, 0.3) is 0 Å². The molecule has 2 N–H and O–H groups in total. The van der Waals surface area contributed by atoms with Crippen molar-refractivity contribution < 1.29 is 18.8 Å². The number of hydrogen-bond donors (Lipinski definition) is 2. The molecule has 2 aromatic heterocycles. The molecule has 3 rings (SSSR count). The highest BCUT2D eigenvalue weighted by atomic mass is 16.5. The summed E-state index contributed by atoms with van der Waals surface area (Å²) in [5.41, 5.74) is 0.895. The van der Waals surface area contributed by atoms with E-state index in [-0.39, 0.29) is 17.4 Å². The summed E-state index contributed by atoms with van der Waals surface area (Å²) in [6.07, 6.45) is 1.36. The number of pyridine rings is 1. The largest absolute Gasteiger partial charge is 0.489 e. The van der Waals surface area contributed by atoms with Crippen molar-refractivity contribution in [2.24, 2.45) is 0 Å². The molecule has 0 aliphatic heterocycles. The van der Waals surface area contributed by atoms with Crippen molar-refractivity contribution in [2.75, 3.05) is 10.6 Å². The van der Waals surface area contributed by atoms with Crippen LogP contribution in [0.5, 0.6) is 5.75 Å². The van der Waals surface area contributed by atoms with E-state index in [1.807, 2.05) is 19.9 Å². The fourth-order valence-electron chi connectivity index (χ4n) is 2.42. The molecule has 8 nitrogen and oxygen atoms in total. The number of para-hydroxylation sites is 2. The number of amides is 2. The van der Waals surface area contributed by atoms with Crippen LogP contribution in [0.2, 0.25) is 0 Å². The first-order valence-corrected chi connectivity index (χ1v) is 8.70. The summed E-state index contributed by atoms with van der Waals surface area (Å²) >= 11 is 0. The van der Waals surface area contributed by atoms with Crippen molar-refractivity contribution in [1.29, 1.82) is 0 Å². The van der Waals surface area contributed by atoms with Crippen LogP contribution < -0.4 is 15.4 Å². The van der Waals surface area contributed by atoms with Gasteiger partial charge in [-0.15, -0.1) is 0 Å². The predicted molar refractivity (Wildman–Crippen MR) is 104 cm³/mol. The molecule has 0 unspecified atom stereocenters. The number of aromatic nitrogens is 2. The number of anilines is 2. The van der Waals surface area contributed by atoms with E-state index in [4.69, 9.17) is 9.26 Å². The maximum atomic E-state index is 12.6. The molecule has 8 heteroatoms. The SMILES string of the molecule is Cc1cc(NC(=O)c2ccnc(C(=O)Nc3ccccc3OC(C)C)c2)no1. The molecular formula is C20H20N4O4. The van der Waals surface area contributed by atoms with Gasteiger partial charge in [-0.3, -0.25) is 14.6 Å². The van der Waals surface area contributed by atoms with Gasteiger partial charge in [0, 0.05) is 17.8 Å². The van der Waals surface area contributed by atoms with Crippen LogP contribution in [0, 0.1) is 6.92 Å². The standard InChI is InChI=1S/C20H20N4O4/c1-12(2)27-17-7-5-4-6-15(17)22-20(26)16-11-14(8-9-21-16)19(25)23-18-10-13(3)28-24-18/h4-12H,1-3H3,(H,22,26)(H,23,24,25). The van der Waals surface area contributed by atoms with Gasteiger partial charge in [0.05, 0.1) is 11.8 Å². The summed E-state index contributed by atoms with van der Waals surface area (Å²) in [7, 11) is 0. The van der Waals surface area contributed by atoms with Crippen LogP contribution in [0.3, 0.4) is 0 Å². The van der Waals surface area contributed by atoms with Crippen LogP contribution in [0.15, 0.2) is 53.2 Å². The minimum atomic E-state index is -0.452. The Morgan fingerprint density at radius 3 is 2.57 bits per heavy atom. The highest BCUT2D eigenvalue weighted by Crippen LogP contribution is 2.25. The molecule has 2 heterocycles. The van der Waals surface area contributed by atoms with Gasteiger partial charge >= 0.3 is 0 Å². The minimum absolute atomic E-state index is 0.0385. The highest BCUT2D eigenvalue weighted by molar-refractivity contribution is 6.07. The topological polar surface area (TPSA) is 106 Å². The molecule has 144 valence electrons. The summed E-state index contributed by atoms with van der Waals surface area (Å²) < 4.78 is 10.6. The molecule has 0 saturated heterocycles. The number of nitrogens with zero attached hydrogens (tertiary/aromatic N) is 2. The monoisotopic (exact) mass is 380 g/mol. The maximum absolute atomic E-state index is 12.6. The Bertz CT molecular complexity index is 997. The van der Waals surface area contributed by atoms with Crippen LogP contribution in [-0.4, -0.2) is 28.1 Å².